The molecule has 132 valence electrons. The normalized spacial score (nSPS) is 19.4. The molecule has 0 bridgehead atoms. The van der Waals surface area contributed by atoms with Crippen LogP contribution >= 0.6 is 0 Å². The third kappa shape index (κ3) is 3.99. The highest BCUT2D eigenvalue weighted by atomic mass is 19.1. The quantitative estimate of drug-likeness (QED) is 0.899. The molecule has 5 heteroatoms. The Kier molecular flexibility index (Phi) is 5.34. The Labute approximate surface area is 146 Å². The first-order valence-electron chi connectivity index (χ1n) is 8.44. The number of nitrogens with zero attached hydrogens (tertiary/aromatic N) is 1. The fraction of sp³-hybridized carbons (Fsp3) is 0.350. The molecule has 0 radical (unpaired) electrons. The first-order chi connectivity index (χ1) is 12.1. The standard InChI is InChI=1S/C20H22FNO3/c1-25-18-6-2-4-15(12-18)19(14-7-9-17(21)10-8-14)22-11-3-5-16(13-22)20(23)24/h2,4,6-10,12,16,19H,3,5,11,13H2,1H3,(H,23,24). The zero-order chi connectivity index (χ0) is 17.8. The van der Waals surface area contributed by atoms with E-state index in [1.54, 1.807) is 19.2 Å². The highest BCUT2D eigenvalue weighted by Gasteiger charge is 2.31. The van der Waals surface area contributed by atoms with E-state index in [9.17, 15) is 14.3 Å². The molecular weight excluding hydrogens is 321 g/mol. The molecule has 3 rings (SSSR count). The van der Waals surface area contributed by atoms with Crippen LogP contribution in [0.5, 0.6) is 5.75 Å². The van der Waals surface area contributed by atoms with Crippen molar-refractivity contribution in [3.05, 3.63) is 65.5 Å². The van der Waals surface area contributed by atoms with Crippen LogP contribution in [-0.4, -0.2) is 36.2 Å². The number of methoxy groups -OCH3 is 1. The lowest BCUT2D eigenvalue weighted by Gasteiger charge is -2.37. The number of hydrogen-bond donors (Lipinski definition) is 1. The Hall–Kier alpha value is -2.40. The molecule has 1 N–H and O–H groups in total. The van der Waals surface area contributed by atoms with Crippen LogP contribution in [0, 0.1) is 11.7 Å². The van der Waals surface area contributed by atoms with Crippen LogP contribution in [0.1, 0.15) is 30.0 Å². The number of benzene rings is 2. The minimum absolute atomic E-state index is 0.127. The lowest BCUT2D eigenvalue weighted by Crippen LogP contribution is -2.41. The second kappa shape index (κ2) is 7.66. The molecule has 0 aliphatic carbocycles. The zero-order valence-corrected chi connectivity index (χ0v) is 14.2. The SMILES string of the molecule is COc1cccc(C(c2ccc(F)cc2)N2CCCC(C(=O)O)C2)c1. The maximum absolute atomic E-state index is 13.4. The number of hydrogen-bond acceptors (Lipinski definition) is 3. The smallest absolute Gasteiger partial charge is 0.307 e. The van der Waals surface area contributed by atoms with E-state index < -0.39 is 5.97 Å². The van der Waals surface area contributed by atoms with E-state index >= 15 is 0 Å². The van der Waals surface area contributed by atoms with Crippen LogP contribution < -0.4 is 4.74 Å². The van der Waals surface area contributed by atoms with E-state index in [1.165, 1.54) is 12.1 Å². The maximum atomic E-state index is 13.4. The molecule has 1 aliphatic rings. The molecule has 1 fully saturated rings. The number of halogens is 1. The molecule has 2 atom stereocenters. The molecule has 2 unspecified atom stereocenters. The van der Waals surface area contributed by atoms with Gasteiger partial charge in [0, 0.05) is 6.54 Å². The predicted molar refractivity (Wildman–Crippen MR) is 93.2 cm³/mol. The molecule has 1 aliphatic heterocycles. The third-order valence-corrected chi connectivity index (χ3v) is 4.76. The van der Waals surface area contributed by atoms with Crippen molar-refractivity contribution in [3.8, 4) is 5.75 Å². The summed E-state index contributed by atoms with van der Waals surface area (Å²) in [6, 6.07) is 14.1. The van der Waals surface area contributed by atoms with Gasteiger partial charge in [0.15, 0.2) is 0 Å². The fourth-order valence-electron chi connectivity index (χ4n) is 3.51. The van der Waals surface area contributed by atoms with Crippen LogP contribution in [-0.2, 0) is 4.79 Å². The number of carboxylic acids is 1. The number of carboxylic acid groups (broad SMARTS) is 1. The summed E-state index contributed by atoms with van der Waals surface area (Å²) in [5, 5.41) is 9.40. The largest absolute Gasteiger partial charge is 0.497 e. The molecule has 0 saturated carbocycles. The summed E-state index contributed by atoms with van der Waals surface area (Å²) in [4.78, 5) is 13.6. The number of ether oxygens (including phenoxy) is 1. The molecular formula is C20H22FNO3. The minimum Gasteiger partial charge on any atom is -0.497 e. The number of likely N-dealkylation sites (tertiary alicyclic amines) is 1. The van der Waals surface area contributed by atoms with Gasteiger partial charge in [-0.1, -0.05) is 24.3 Å². The number of rotatable bonds is 5. The van der Waals surface area contributed by atoms with Crippen molar-refractivity contribution in [2.45, 2.75) is 18.9 Å². The van der Waals surface area contributed by atoms with E-state index in [4.69, 9.17) is 4.74 Å². The minimum atomic E-state index is -0.756. The first kappa shape index (κ1) is 17.4. The molecule has 1 saturated heterocycles. The lowest BCUT2D eigenvalue weighted by molar-refractivity contribution is -0.143. The van der Waals surface area contributed by atoms with Gasteiger partial charge in [0.2, 0.25) is 0 Å². The Morgan fingerprint density at radius 1 is 1.24 bits per heavy atom. The Morgan fingerprint density at radius 2 is 2.00 bits per heavy atom. The average Bonchev–Trinajstić information content (AvgIpc) is 2.64. The predicted octanol–water partition coefficient (Wildman–Crippen LogP) is 3.72. The van der Waals surface area contributed by atoms with Gasteiger partial charge in [-0.15, -0.1) is 0 Å². The summed E-state index contributed by atoms with van der Waals surface area (Å²) in [6.07, 6.45) is 1.53. The van der Waals surface area contributed by atoms with Gasteiger partial charge in [-0.05, 0) is 54.8 Å². The van der Waals surface area contributed by atoms with Crippen LogP contribution in [0.3, 0.4) is 0 Å². The van der Waals surface area contributed by atoms with Gasteiger partial charge < -0.3 is 9.84 Å². The van der Waals surface area contributed by atoms with E-state index in [0.717, 1.165) is 29.8 Å². The van der Waals surface area contributed by atoms with Crippen LogP contribution in [0.2, 0.25) is 0 Å². The van der Waals surface area contributed by atoms with Crippen molar-refractivity contribution in [2.24, 2.45) is 5.92 Å². The number of aliphatic carboxylic acids is 1. The van der Waals surface area contributed by atoms with E-state index in [-0.39, 0.29) is 17.8 Å². The Morgan fingerprint density at radius 3 is 2.68 bits per heavy atom. The van der Waals surface area contributed by atoms with Crippen LogP contribution in [0.25, 0.3) is 0 Å². The van der Waals surface area contributed by atoms with E-state index in [1.807, 2.05) is 24.3 Å². The maximum Gasteiger partial charge on any atom is 0.307 e. The van der Waals surface area contributed by atoms with Crippen molar-refractivity contribution in [1.82, 2.24) is 4.90 Å². The van der Waals surface area contributed by atoms with Gasteiger partial charge in [0.25, 0.3) is 0 Å². The summed E-state index contributed by atoms with van der Waals surface area (Å²) in [7, 11) is 1.62. The monoisotopic (exact) mass is 343 g/mol. The van der Waals surface area contributed by atoms with Crippen LogP contribution in [0.4, 0.5) is 4.39 Å². The molecule has 0 spiro atoms. The second-order valence-electron chi connectivity index (χ2n) is 6.40. The summed E-state index contributed by atoms with van der Waals surface area (Å²) in [5.74, 6) is -0.665. The van der Waals surface area contributed by atoms with Crippen LogP contribution in [0.15, 0.2) is 48.5 Å². The molecule has 1 heterocycles. The molecule has 0 amide bonds. The Balaban J connectivity index is 1.99. The van der Waals surface area contributed by atoms with Gasteiger partial charge in [-0.3, -0.25) is 9.69 Å². The zero-order valence-electron chi connectivity index (χ0n) is 14.2. The molecule has 0 aromatic heterocycles. The summed E-state index contributed by atoms with van der Waals surface area (Å²) >= 11 is 0. The van der Waals surface area contributed by atoms with Gasteiger partial charge in [-0.2, -0.15) is 0 Å². The second-order valence-corrected chi connectivity index (χ2v) is 6.40. The van der Waals surface area contributed by atoms with Crippen molar-refractivity contribution < 1.29 is 19.0 Å². The summed E-state index contributed by atoms with van der Waals surface area (Å²) in [5.41, 5.74) is 1.96. The summed E-state index contributed by atoms with van der Waals surface area (Å²) in [6.45, 7) is 1.29. The first-order valence-corrected chi connectivity index (χ1v) is 8.44. The average molecular weight is 343 g/mol. The fourth-order valence-corrected chi connectivity index (χ4v) is 3.51. The summed E-state index contributed by atoms with van der Waals surface area (Å²) < 4.78 is 18.7. The number of carbonyl (C=O) groups is 1. The molecule has 25 heavy (non-hydrogen) atoms. The topological polar surface area (TPSA) is 49.8 Å². The molecule has 4 nitrogen and oxygen atoms in total. The Bertz CT molecular complexity index is 732. The van der Waals surface area contributed by atoms with Gasteiger partial charge >= 0.3 is 5.97 Å². The highest BCUT2D eigenvalue weighted by Crippen LogP contribution is 2.34. The van der Waals surface area contributed by atoms with Gasteiger partial charge in [-0.25, -0.2) is 4.39 Å². The van der Waals surface area contributed by atoms with Crippen molar-refractivity contribution in [3.63, 3.8) is 0 Å². The van der Waals surface area contributed by atoms with Crippen molar-refractivity contribution in [1.29, 1.82) is 0 Å². The highest BCUT2D eigenvalue weighted by molar-refractivity contribution is 5.70. The lowest BCUT2D eigenvalue weighted by atomic mass is 9.91. The van der Waals surface area contributed by atoms with E-state index in [0.29, 0.717) is 13.0 Å². The van der Waals surface area contributed by atoms with Gasteiger partial charge in [0.05, 0.1) is 19.1 Å². The number of piperidine rings is 1. The third-order valence-electron chi connectivity index (χ3n) is 4.76. The molecule has 2 aromatic rings. The van der Waals surface area contributed by atoms with Crippen molar-refractivity contribution in [2.75, 3.05) is 20.2 Å². The van der Waals surface area contributed by atoms with Crippen molar-refractivity contribution >= 4 is 5.97 Å². The van der Waals surface area contributed by atoms with Gasteiger partial charge in [0.1, 0.15) is 11.6 Å². The van der Waals surface area contributed by atoms with E-state index in [2.05, 4.69) is 4.90 Å². The molecule has 2 aromatic carbocycles.